The van der Waals surface area contributed by atoms with Gasteiger partial charge in [0, 0.05) is 18.0 Å². The maximum absolute atomic E-state index is 14.2. The van der Waals surface area contributed by atoms with E-state index >= 15 is 0 Å². The molecular weight excluding hydrogens is 285 g/mol. The molecule has 0 amide bonds. The Kier molecular flexibility index (Phi) is 3.27. The van der Waals surface area contributed by atoms with Crippen LogP contribution in [0.25, 0.3) is 16.9 Å². The summed E-state index contributed by atoms with van der Waals surface area (Å²) in [6.45, 7) is 7.36. The van der Waals surface area contributed by atoms with Gasteiger partial charge in [0.1, 0.15) is 11.4 Å². The zero-order valence-corrected chi connectivity index (χ0v) is 12.8. The van der Waals surface area contributed by atoms with E-state index in [0.717, 1.165) is 5.82 Å². The molecule has 22 heavy (non-hydrogen) atoms. The Labute approximate surface area is 127 Å². The summed E-state index contributed by atoms with van der Waals surface area (Å²) in [5, 5.41) is 7.93. The standard InChI is InChI=1S/C15H16FN5O/c1-9-19-20-13-7-17-12(8-21(9)13)10-5-11(16)14(18-6-10)22-15(2,3)4/h5-8H,1-4H3. The molecule has 6 nitrogen and oxygen atoms in total. The smallest absolute Gasteiger partial charge is 0.250 e. The van der Waals surface area contributed by atoms with Crippen molar-refractivity contribution in [1.82, 2.24) is 24.6 Å². The molecule has 3 heterocycles. The van der Waals surface area contributed by atoms with Gasteiger partial charge in [0.25, 0.3) is 5.88 Å². The van der Waals surface area contributed by atoms with Crippen molar-refractivity contribution in [2.45, 2.75) is 33.3 Å². The molecule has 0 atom stereocenters. The lowest BCUT2D eigenvalue weighted by atomic mass is 10.2. The van der Waals surface area contributed by atoms with E-state index in [2.05, 4.69) is 20.2 Å². The normalized spacial score (nSPS) is 11.9. The monoisotopic (exact) mass is 301 g/mol. The molecule has 114 valence electrons. The topological polar surface area (TPSA) is 65.2 Å². The molecule has 0 aliphatic heterocycles. The third kappa shape index (κ3) is 2.74. The second-order valence-electron chi connectivity index (χ2n) is 5.97. The van der Waals surface area contributed by atoms with Gasteiger partial charge in [-0.3, -0.25) is 9.38 Å². The SMILES string of the molecule is Cc1nnc2cnc(-c3cnc(OC(C)(C)C)c(F)c3)cn12. The van der Waals surface area contributed by atoms with E-state index in [-0.39, 0.29) is 5.88 Å². The van der Waals surface area contributed by atoms with Crippen molar-refractivity contribution in [1.29, 1.82) is 0 Å². The Hall–Kier alpha value is -2.57. The van der Waals surface area contributed by atoms with Crippen LogP contribution in [-0.4, -0.2) is 30.2 Å². The van der Waals surface area contributed by atoms with Crippen LogP contribution in [0.1, 0.15) is 26.6 Å². The zero-order valence-electron chi connectivity index (χ0n) is 12.8. The first-order valence-corrected chi connectivity index (χ1v) is 6.86. The van der Waals surface area contributed by atoms with Crippen LogP contribution in [0.3, 0.4) is 0 Å². The van der Waals surface area contributed by atoms with E-state index in [1.807, 2.05) is 27.7 Å². The molecule has 0 saturated heterocycles. The van der Waals surface area contributed by atoms with E-state index in [1.165, 1.54) is 12.3 Å². The Bertz CT molecular complexity index is 838. The number of rotatable bonds is 2. The second-order valence-corrected chi connectivity index (χ2v) is 5.97. The molecule has 7 heteroatoms. The highest BCUT2D eigenvalue weighted by atomic mass is 19.1. The van der Waals surface area contributed by atoms with Crippen LogP contribution in [0.5, 0.6) is 5.88 Å². The summed E-state index contributed by atoms with van der Waals surface area (Å²) in [5.41, 5.74) is 1.28. The van der Waals surface area contributed by atoms with Gasteiger partial charge in [-0.2, -0.15) is 0 Å². The Morgan fingerprint density at radius 3 is 2.59 bits per heavy atom. The third-order valence-corrected chi connectivity index (χ3v) is 2.97. The number of ether oxygens (including phenoxy) is 1. The molecule has 0 unspecified atom stereocenters. The van der Waals surface area contributed by atoms with Gasteiger partial charge < -0.3 is 4.74 Å². The fraction of sp³-hybridized carbons (Fsp3) is 0.333. The lowest BCUT2D eigenvalue weighted by Gasteiger charge is -2.20. The first-order chi connectivity index (χ1) is 10.3. The van der Waals surface area contributed by atoms with Crippen LogP contribution >= 0.6 is 0 Å². The summed E-state index contributed by atoms with van der Waals surface area (Å²) < 4.78 is 21.4. The number of aromatic nitrogens is 5. The summed E-state index contributed by atoms with van der Waals surface area (Å²) in [6.07, 6.45) is 4.89. The van der Waals surface area contributed by atoms with Crippen molar-refractivity contribution in [3.8, 4) is 17.1 Å². The molecule has 3 aromatic rings. The predicted molar refractivity (Wildman–Crippen MR) is 79.1 cm³/mol. The van der Waals surface area contributed by atoms with E-state index in [0.29, 0.717) is 16.9 Å². The summed E-state index contributed by atoms with van der Waals surface area (Å²) in [4.78, 5) is 8.32. The van der Waals surface area contributed by atoms with Gasteiger partial charge in [-0.25, -0.2) is 9.37 Å². The van der Waals surface area contributed by atoms with Crippen molar-refractivity contribution >= 4 is 5.65 Å². The van der Waals surface area contributed by atoms with Crippen molar-refractivity contribution in [2.75, 3.05) is 0 Å². The Morgan fingerprint density at radius 1 is 1.14 bits per heavy atom. The molecule has 0 aromatic carbocycles. The van der Waals surface area contributed by atoms with Crippen LogP contribution in [0.15, 0.2) is 24.7 Å². The third-order valence-electron chi connectivity index (χ3n) is 2.97. The second kappa shape index (κ2) is 5.01. The number of halogens is 1. The maximum atomic E-state index is 14.2. The first-order valence-electron chi connectivity index (χ1n) is 6.86. The Morgan fingerprint density at radius 2 is 1.91 bits per heavy atom. The van der Waals surface area contributed by atoms with E-state index in [9.17, 15) is 4.39 Å². The largest absolute Gasteiger partial charge is 0.470 e. The summed E-state index contributed by atoms with van der Waals surface area (Å²) in [5.74, 6) is 0.201. The molecular formula is C15H16FN5O. The molecule has 0 radical (unpaired) electrons. The van der Waals surface area contributed by atoms with Gasteiger partial charge >= 0.3 is 0 Å². The van der Waals surface area contributed by atoms with Crippen LogP contribution in [-0.2, 0) is 0 Å². The molecule has 0 fully saturated rings. The van der Waals surface area contributed by atoms with Gasteiger partial charge in [0.05, 0.1) is 11.9 Å². The van der Waals surface area contributed by atoms with E-state index in [1.54, 1.807) is 16.8 Å². The number of aryl methyl sites for hydroxylation is 1. The molecule has 0 saturated carbocycles. The highest BCUT2D eigenvalue weighted by Crippen LogP contribution is 2.24. The van der Waals surface area contributed by atoms with Gasteiger partial charge in [-0.15, -0.1) is 10.2 Å². The van der Waals surface area contributed by atoms with Gasteiger partial charge in [-0.05, 0) is 33.8 Å². The number of fused-ring (bicyclic) bond motifs is 1. The first kappa shape index (κ1) is 14.4. The maximum Gasteiger partial charge on any atom is 0.250 e. The Balaban J connectivity index is 2.00. The number of pyridine rings is 1. The molecule has 0 aliphatic rings. The van der Waals surface area contributed by atoms with Crippen molar-refractivity contribution < 1.29 is 9.13 Å². The van der Waals surface area contributed by atoms with Crippen LogP contribution in [0, 0.1) is 12.7 Å². The molecule has 0 aliphatic carbocycles. The van der Waals surface area contributed by atoms with E-state index in [4.69, 9.17) is 4.74 Å². The molecule has 3 rings (SSSR count). The number of hydrogen-bond acceptors (Lipinski definition) is 5. The van der Waals surface area contributed by atoms with Crippen LogP contribution < -0.4 is 4.74 Å². The van der Waals surface area contributed by atoms with Crippen LogP contribution in [0.4, 0.5) is 4.39 Å². The van der Waals surface area contributed by atoms with Crippen LogP contribution in [0.2, 0.25) is 0 Å². The van der Waals surface area contributed by atoms with Gasteiger partial charge in [0.15, 0.2) is 11.5 Å². The van der Waals surface area contributed by atoms with Gasteiger partial charge in [-0.1, -0.05) is 0 Å². The summed E-state index contributed by atoms with van der Waals surface area (Å²) >= 11 is 0. The quantitative estimate of drug-likeness (QED) is 0.728. The van der Waals surface area contributed by atoms with Crippen molar-refractivity contribution in [2.24, 2.45) is 0 Å². The molecule has 0 bridgehead atoms. The molecule has 0 spiro atoms. The highest BCUT2D eigenvalue weighted by Gasteiger charge is 2.17. The minimum Gasteiger partial charge on any atom is -0.470 e. The summed E-state index contributed by atoms with van der Waals surface area (Å²) in [6, 6.07) is 1.36. The fourth-order valence-corrected chi connectivity index (χ4v) is 2.00. The predicted octanol–water partition coefficient (Wildman–Crippen LogP) is 2.81. The van der Waals surface area contributed by atoms with Gasteiger partial charge in [0.2, 0.25) is 0 Å². The number of nitrogens with zero attached hydrogens (tertiary/aromatic N) is 5. The minimum absolute atomic E-state index is 0.0159. The van der Waals surface area contributed by atoms with Crippen molar-refractivity contribution in [3.63, 3.8) is 0 Å². The lowest BCUT2D eigenvalue weighted by molar-refractivity contribution is 0.117. The van der Waals surface area contributed by atoms with E-state index < -0.39 is 11.4 Å². The lowest BCUT2D eigenvalue weighted by Crippen LogP contribution is -2.24. The number of hydrogen-bond donors (Lipinski definition) is 0. The summed E-state index contributed by atoms with van der Waals surface area (Å²) in [7, 11) is 0. The molecule has 3 aromatic heterocycles. The average Bonchev–Trinajstić information content (AvgIpc) is 2.81. The highest BCUT2D eigenvalue weighted by molar-refractivity contribution is 5.59. The average molecular weight is 301 g/mol. The van der Waals surface area contributed by atoms with Crippen molar-refractivity contribution in [3.05, 3.63) is 36.3 Å². The minimum atomic E-state index is -0.519. The zero-order chi connectivity index (χ0) is 15.9. The fourth-order valence-electron chi connectivity index (χ4n) is 2.00. The molecule has 0 N–H and O–H groups in total.